The van der Waals surface area contributed by atoms with Crippen LogP contribution >= 0.6 is 27.5 Å². The number of hydrogen-bond acceptors (Lipinski definition) is 3. The minimum absolute atomic E-state index is 0.165. The number of fused-ring (bicyclic) bond motifs is 1. The van der Waals surface area contributed by atoms with E-state index in [4.69, 9.17) is 17.3 Å². The van der Waals surface area contributed by atoms with Crippen molar-refractivity contribution in [2.24, 2.45) is 5.73 Å². The molecule has 15 heavy (non-hydrogen) atoms. The maximum Gasteiger partial charge on any atom is 0.223 e. The van der Waals surface area contributed by atoms with Crippen LogP contribution < -0.4 is 5.73 Å². The van der Waals surface area contributed by atoms with Crippen LogP contribution in [0.2, 0.25) is 5.28 Å². The summed E-state index contributed by atoms with van der Waals surface area (Å²) >= 11 is 9.22. The molecule has 0 saturated heterocycles. The van der Waals surface area contributed by atoms with Crippen molar-refractivity contribution >= 4 is 38.4 Å². The van der Waals surface area contributed by atoms with Gasteiger partial charge in [0, 0.05) is 15.9 Å². The van der Waals surface area contributed by atoms with Crippen LogP contribution in [0.1, 0.15) is 18.7 Å². The van der Waals surface area contributed by atoms with E-state index < -0.39 is 0 Å². The molecule has 0 spiro atoms. The fourth-order valence-corrected chi connectivity index (χ4v) is 1.99. The van der Waals surface area contributed by atoms with Gasteiger partial charge in [-0.25, -0.2) is 9.97 Å². The molecule has 2 rings (SSSR count). The van der Waals surface area contributed by atoms with Gasteiger partial charge in [-0.2, -0.15) is 0 Å². The van der Waals surface area contributed by atoms with E-state index in [1.54, 1.807) is 0 Å². The van der Waals surface area contributed by atoms with E-state index in [0.29, 0.717) is 0 Å². The molecular weight excluding hydrogens is 277 g/mol. The molecule has 1 unspecified atom stereocenters. The molecule has 1 aromatic heterocycles. The molecule has 2 N–H and O–H groups in total. The summed E-state index contributed by atoms with van der Waals surface area (Å²) in [5.74, 6) is 0. The summed E-state index contributed by atoms with van der Waals surface area (Å²) in [5, 5.41) is 1.17. The second kappa shape index (κ2) is 4.04. The lowest BCUT2D eigenvalue weighted by molar-refractivity contribution is 0.787. The number of rotatable bonds is 1. The van der Waals surface area contributed by atoms with E-state index >= 15 is 0 Å². The van der Waals surface area contributed by atoms with Gasteiger partial charge in [-0.05, 0) is 36.7 Å². The molecule has 0 aliphatic carbocycles. The molecule has 5 heteroatoms. The molecule has 0 aliphatic heterocycles. The zero-order chi connectivity index (χ0) is 11.0. The van der Waals surface area contributed by atoms with Gasteiger partial charge in [0.05, 0.1) is 11.2 Å². The molecule has 0 radical (unpaired) electrons. The second-order valence-electron chi connectivity index (χ2n) is 3.33. The summed E-state index contributed by atoms with van der Waals surface area (Å²) in [6, 6.07) is 5.59. The number of benzene rings is 1. The second-order valence-corrected chi connectivity index (χ2v) is 4.58. The van der Waals surface area contributed by atoms with Crippen molar-refractivity contribution in [2.75, 3.05) is 0 Å². The smallest absolute Gasteiger partial charge is 0.223 e. The topological polar surface area (TPSA) is 51.8 Å². The highest BCUT2D eigenvalue weighted by Crippen LogP contribution is 2.24. The first-order chi connectivity index (χ1) is 7.08. The standard InChI is InChI=1S/C10H9BrClN3/c1-5(13)9-7-4-6(11)2-3-8(7)14-10(12)15-9/h2-5H,13H2,1H3. The normalized spacial score (nSPS) is 13.1. The van der Waals surface area contributed by atoms with Gasteiger partial charge in [-0.15, -0.1) is 0 Å². The molecule has 0 bridgehead atoms. The Morgan fingerprint density at radius 3 is 2.80 bits per heavy atom. The van der Waals surface area contributed by atoms with E-state index in [0.717, 1.165) is 21.1 Å². The van der Waals surface area contributed by atoms with Crippen LogP contribution in [-0.4, -0.2) is 9.97 Å². The summed E-state index contributed by atoms with van der Waals surface area (Å²) in [6.07, 6.45) is 0. The van der Waals surface area contributed by atoms with Crippen LogP contribution in [0.3, 0.4) is 0 Å². The number of hydrogen-bond donors (Lipinski definition) is 1. The van der Waals surface area contributed by atoms with Crippen LogP contribution in [0.4, 0.5) is 0 Å². The van der Waals surface area contributed by atoms with Gasteiger partial charge < -0.3 is 5.73 Å². The van der Waals surface area contributed by atoms with Gasteiger partial charge >= 0.3 is 0 Å². The Bertz CT molecular complexity index is 513. The fraction of sp³-hybridized carbons (Fsp3) is 0.200. The Morgan fingerprint density at radius 1 is 1.40 bits per heavy atom. The molecule has 1 heterocycles. The average molecular weight is 287 g/mol. The molecule has 3 nitrogen and oxygen atoms in total. The first-order valence-corrected chi connectivity index (χ1v) is 5.63. The number of halogens is 2. The summed E-state index contributed by atoms with van der Waals surface area (Å²) < 4.78 is 0.975. The quantitative estimate of drug-likeness (QED) is 0.820. The van der Waals surface area contributed by atoms with Crippen molar-refractivity contribution in [3.63, 3.8) is 0 Å². The van der Waals surface area contributed by atoms with Crippen molar-refractivity contribution in [3.8, 4) is 0 Å². The monoisotopic (exact) mass is 285 g/mol. The summed E-state index contributed by atoms with van der Waals surface area (Å²) in [6.45, 7) is 1.87. The Balaban J connectivity index is 2.81. The lowest BCUT2D eigenvalue weighted by atomic mass is 10.1. The highest BCUT2D eigenvalue weighted by molar-refractivity contribution is 9.10. The third kappa shape index (κ3) is 2.12. The largest absolute Gasteiger partial charge is 0.323 e. The van der Waals surface area contributed by atoms with E-state index in [-0.39, 0.29) is 11.3 Å². The van der Waals surface area contributed by atoms with Crippen molar-refractivity contribution in [1.29, 1.82) is 0 Å². The van der Waals surface area contributed by atoms with E-state index in [1.165, 1.54) is 0 Å². The average Bonchev–Trinajstić information content (AvgIpc) is 2.17. The summed E-state index contributed by atoms with van der Waals surface area (Å²) in [4.78, 5) is 8.29. The predicted octanol–water partition coefficient (Wildman–Crippen LogP) is 3.07. The van der Waals surface area contributed by atoms with E-state index in [2.05, 4.69) is 25.9 Å². The van der Waals surface area contributed by atoms with Gasteiger partial charge in [0.15, 0.2) is 0 Å². The lowest BCUT2D eigenvalue weighted by Crippen LogP contribution is -2.09. The van der Waals surface area contributed by atoms with Crippen LogP contribution in [0.5, 0.6) is 0 Å². The first-order valence-electron chi connectivity index (χ1n) is 4.46. The Hall–Kier alpha value is -0.710. The van der Waals surface area contributed by atoms with Crippen LogP contribution in [0, 0.1) is 0 Å². The van der Waals surface area contributed by atoms with E-state index in [9.17, 15) is 0 Å². The Morgan fingerprint density at radius 2 is 2.13 bits per heavy atom. The number of aromatic nitrogens is 2. The molecule has 0 amide bonds. The minimum Gasteiger partial charge on any atom is -0.323 e. The molecule has 0 saturated carbocycles. The van der Waals surface area contributed by atoms with Crippen LogP contribution in [0.15, 0.2) is 22.7 Å². The minimum atomic E-state index is -0.165. The Labute approximate surface area is 101 Å². The molecule has 1 aromatic carbocycles. The molecule has 2 aromatic rings. The number of nitrogens with two attached hydrogens (primary N) is 1. The van der Waals surface area contributed by atoms with Crippen molar-refractivity contribution in [1.82, 2.24) is 9.97 Å². The van der Waals surface area contributed by atoms with Gasteiger partial charge in [0.2, 0.25) is 5.28 Å². The maximum atomic E-state index is 5.83. The van der Waals surface area contributed by atoms with Gasteiger partial charge in [-0.1, -0.05) is 15.9 Å². The lowest BCUT2D eigenvalue weighted by Gasteiger charge is -2.09. The zero-order valence-electron chi connectivity index (χ0n) is 8.04. The maximum absolute atomic E-state index is 5.83. The van der Waals surface area contributed by atoms with Crippen molar-refractivity contribution < 1.29 is 0 Å². The van der Waals surface area contributed by atoms with Crippen LogP contribution in [-0.2, 0) is 0 Å². The molecule has 78 valence electrons. The zero-order valence-corrected chi connectivity index (χ0v) is 10.4. The summed E-state index contributed by atoms with van der Waals surface area (Å²) in [5.41, 5.74) is 7.41. The Kier molecular flexibility index (Phi) is 2.91. The molecule has 1 atom stereocenters. The third-order valence-corrected chi connectivity index (χ3v) is 2.75. The highest BCUT2D eigenvalue weighted by Gasteiger charge is 2.10. The molecular formula is C10H9BrClN3. The SMILES string of the molecule is CC(N)c1nc(Cl)nc2ccc(Br)cc12. The van der Waals surface area contributed by atoms with Gasteiger partial charge in [-0.3, -0.25) is 0 Å². The first kappa shape index (κ1) is 10.8. The van der Waals surface area contributed by atoms with Gasteiger partial charge in [0.25, 0.3) is 0 Å². The molecule has 0 fully saturated rings. The van der Waals surface area contributed by atoms with Gasteiger partial charge in [0.1, 0.15) is 0 Å². The van der Waals surface area contributed by atoms with Crippen molar-refractivity contribution in [2.45, 2.75) is 13.0 Å². The third-order valence-electron chi connectivity index (χ3n) is 2.09. The van der Waals surface area contributed by atoms with Crippen molar-refractivity contribution in [3.05, 3.63) is 33.6 Å². The molecule has 0 aliphatic rings. The van der Waals surface area contributed by atoms with E-state index in [1.807, 2.05) is 25.1 Å². The predicted molar refractivity (Wildman–Crippen MR) is 64.9 cm³/mol. The number of nitrogens with zero attached hydrogens (tertiary/aromatic N) is 2. The highest BCUT2D eigenvalue weighted by atomic mass is 79.9. The summed E-state index contributed by atoms with van der Waals surface area (Å²) in [7, 11) is 0. The fourth-order valence-electron chi connectivity index (χ4n) is 1.44. The van der Waals surface area contributed by atoms with Crippen LogP contribution in [0.25, 0.3) is 10.9 Å².